The van der Waals surface area contributed by atoms with Crippen LogP contribution in [0.15, 0.2) is 18.2 Å². The van der Waals surface area contributed by atoms with Crippen molar-refractivity contribution in [3.63, 3.8) is 0 Å². The highest BCUT2D eigenvalue weighted by Crippen LogP contribution is 2.27. The maximum Gasteiger partial charge on any atom is 0.275 e. The van der Waals surface area contributed by atoms with Gasteiger partial charge in [0.05, 0.1) is 27.2 Å². The van der Waals surface area contributed by atoms with Crippen LogP contribution in [0.2, 0.25) is 0 Å². The summed E-state index contributed by atoms with van der Waals surface area (Å²) < 4.78 is 6.76. The molecule has 0 aliphatic rings. The first-order valence-corrected chi connectivity index (χ1v) is 9.57. The van der Waals surface area contributed by atoms with Crippen LogP contribution in [0, 0.1) is 6.92 Å². The van der Waals surface area contributed by atoms with Crippen molar-refractivity contribution in [2.75, 3.05) is 40.3 Å². The number of amides is 1. The average Bonchev–Trinajstić information content (AvgIpc) is 2.51. The Hall–Kier alpha value is -1.07. The largest absolute Gasteiger partial charge is 1.00 e. The van der Waals surface area contributed by atoms with E-state index in [1.165, 1.54) is 11.1 Å². The fourth-order valence-electron chi connectivity index (χ4n) is 2.86. The van der Waals surface area contributed by atoms with Crippen LogP contribution in [0.5, 0.6) is 5.75 Å². The maximum absolute atomic E-state index is 11.9. The zero-order valence-electron chi connectivity index (χ0n) is 17.4. The molecule has 1 amide bonds. The summed E-state index contributed by atoms with van der Waals surface area (Å²) in [7, 11) is 4.23. The van der Waals surface area contributed by atoms with E-state index in [2.05, 4.69) is 65.3 Å². The van der Waals surface area contributed by atoms with Crippen LogP contribution >= 0.6 is 0 Å². The smallest absolute Gasteiger partial charge is 0.275 e. The monoisotopic (exact) mass is 428 g/mol. The van der Waals surface area contributed by atoms with Crippen LogP contribution in [-0.4, -0.2) is 50.7 Å². The van der Waals surface area contributed by atoms with Gasteiger partial charge in [0.1, 0.15) is 5.75 Å². The first-order chi connectivity index (χ1) is 11.7. The van der Waals surface area contributed by atoms with E-state index >= 15 is 0 Å². The SMILES string of the molecule is CCCNC(=O)C[N+](C)(C)CCCCOc1cc(C)ccc1C(C)C.[Br-]. The molecule has 0 aromatic heterocycles. The van der Waals surface area contributed by atoms with Crippen LogP contribution < -0.4 is 27.0 Å². The first-order valence-electron chi connectivity index (χ1n) is 9.57. The summed E-state index contributed by atoms with van der Waals surface area (Å²) in [6.45, 7) is 11.6. The Morgan fingerprint density at radius 3 is 2.54 bits per heavy atom. The predicted molar refractivity (Wildman–Crippen MR) is 105 cm³/mol. The third-order valence-corrected chi connectivity index (χ3v) is 4.35. The van der Waals surface area contributed by atoms with E-state index in [9.17, 15) is 4.79 Å². The number of nitrogens with one attached hydrogen (secondary N) is 1. The summed E-state index contributed by atoms with van der Waals surface area (Å²) in [4.78, 5) is 11.9. The van der Waals surface area contributed by atoms with E-state index in [1.54, 1.807) is 0 Å². The molecule has 1 N–H and O–H groups in total. The summed E-state index contributed by atoms with van der Waals surface area (Å²) in [5, 5.41) is 2.95. The first kappa shape index (κ1) is 24.9. The third-order valence-electron chi connectivity index (χ3n) is 4.35. The van der Waals surface area contributed by atoms with Gasteiger partial charge in [0.15, 0.2) is 6.54 Å². The second-order valence-corrected chi connectivity index (χ2v) is 7.92. The number of likely N-dealkylation sites (N-methyl/N-ethyl adjacent to an activating group) is 1. The number of quaternary nitrogens is 1. The molecule has 4 nitrogen and oxygen atoms in total. The second kappa shape index (κ2) is 12.3. The lowest BCUT2D eigenvalue weighted by Crippen LogP contribution is -3.00. The fraction of sp³-hybridized carbons (Fsp3) is 0.667. The van der Waals surface area contributed by atoms with Gasteiger partial charge in [-0.1, -0.05) is 32.9 Å². The molecule has 0 fully saturated rings. The Labute approximate surface area is 170 Å². The number of carbonyl (C=O) groups excluding carboxylic acids is 1. The molecule has 0 spiro atoms. The minimum atomic E-state index is 0. The van der Waals surface area contributed by atoms with Crippen molar-refractivity contribution in [2.24, 2.45) is 0 Å². The number of nitrogens with zero attached hydrogens (tertiary/aromatic N) is 1. The lowest BCUT2D eigenvalue weighted by atomic mass is 10.0. The van der Waals surface area contributed by atoms with Crippen LogP contribution in [-0.2, 0) is 4.79 Å². The minimum absolute atomic E-state index is 0. The summed E-state index contributed by atoms with van der Waals surface area (Å²) in [6.07, 6.45) is 3.04. The number of hydrogen-bond donors (Lipinski definition) is 1. The molecule has 150 valence electrons. The maximum atomic E-state index is 11.9. The van der Waals surface area contributed by atoms with Crippen molar-refractivity contribution < 1.29 is 31.0 Å². The van der Waals surface area contributed by atoms with Crippen molar-refractivity contribution in [2.45, 2.75) is 52.9 Å². The molecule has 26 heavy (non-hydrogen) atoms. The zero-order chi connectivity index (χ0) is 18.9. The Bertz CT molecular complexity index is 545. The number of aryl methyl sites for hydroxylation is 1. The van der Waals surface area contributed by atoms with Crippen LogP contribution in [0.4, 0.5) is 0 Å². The number of rotatable bonds is 11. The number of carbonyl (C=O) groups is 1. The molecule has 1 rings (SSSR count). The topological polar surface area (TPSA) is 38.3 Å². The van der Waals surface area contributed by atoms with Gasteiger partial charge in [-0.2, -0.15) is 0 Å². The number of benzene rings is 1. The molecule has 0 aliphatic carbocycles. The number of unbranched alkanes of at least 4 members (excludes halogenated alkanes) is 1. The van der Waals surface area contributed by atoms with Crippen molar-refractivity contribution in [3.05, 3.63) is 29.3 Å². The van der Waals surface area contributed by atoms with Crippen molar-refractivity contribution >= 4 is 5.91 Å². The normalized spacial score (nSPS) is 11.2. The van der Waals surface area contributed by atoms with Gasteiger partial charge >= 0.3 is 0 Å². The summed E-state index contributed by atoms with van der Waals surface area (Å²) in [5.41, 5.74) is 2.50. The quantitative estimate of drug-likeness (QED) is 0.419. The number of ether oxygens (including phenoxy) is 1. The fourth-order valence-corrected chi connectivity index (χ4v) is 2.86. The average molecular weight is 429 g/mol. The molecule has 1 aromatic carbocycles. The number of halogens is 1. The Kier molecular flexibility index (Phi) is 11.8. The van der Waals surface area contributed by atoms with Crippen LogP contribution in [0.3, 0.4) is 0 Å². The van der Waals surface area contributed by atoms with Gasteiger partial charge in [0, 0.05) is 6.54 Å². The molecule has 0 heterocycles. The van der Waals surface area contributed by atoms with Crippen molar-refractivity contribution in [1.82, 2.24) is 5.32 Å². The van der Waals surface area contributed by atoms with Gasteiger partial charge in [-0.25, -0.2) is 0 Å². The lowest BCUT2D eigenvalue weighted by Gasteiger charge is -2.29. The molecule has 0 bridgehead atoms. The van der Waals surface area contributed by atoms with E-state index in [0.717, 1.165) is 49.2 Å². The van der Waals surface area contributed by atoms with E-state index < -0.39 is 0 Å². The van der Waals surface area contributed by atoms with E-state index in [0.29, 0.717) is 12.5 Å². The molecule has 5 heteroatoms. The van der Waals surface area contributed by atoms with Crippen LogP contribution in [0.1, 0.15) is 57.1 Å². The molecule has 0 saturated carbocycles. The lowest BCUT2D eigenvalue weighted by molar-refractivity contribution is -0.882. The number of hydrogen-bond acceptors (Lipinski definition) is 2. The Morgan fingerprint density at radius 1 is 1.23 bits per heavy atom. The summed E-state index contributed by atoms with van der Waals surface area (Å²) in [5.74, 6) is 1.62. The Balaban J connectivity index is 0.00000625. The van der Waals surface area contributed by atoms with E-state index in [4.69, 9.17) is 4.74 Å². The van der Waals surface area contributed by atoms with Gasteiger partial charge in [0.25, 0.3) is 5.91 Å². The van der Waals surface area contributed by atoms with E-state index in [-0.39, 0.29) is 22.9 Å². The molecule has 0 saturated heterocycles. The predicted octanol–water partition coefficient (Wildman–Crippen LogP) is 0.884. The Morgan fingerprint density at radius 2 is 1.92 bits per heavy atom. The second-order valence-electron chi connectivity index (χ2n) is 7.92. The van der Waals surface area contributed by atoms with Gasteiger partial charge in [-0.3, -0.25) is 4.79 Å². The van der Waals surface area contributed by atoms with Gasteiger partial charge in [-0.15, -0.1) is 0 Å². The summed E-state index contributed by atoms with van der Waals surface area (Å²) in [6, 6.07) is 6.45. The highest BCUT2D eigenvalue weighted by Gasteiger charge is 2.19. The molecular formula is C21H37BrN2O2. The molecule has 0 atom stereocenters. The highest BCUT2D eigenvalue weighted by atomic mass is 79.9. The van der Waals surface area contributed by atoms with Crippen molar-refractivity contribution in [1.29, 1.82) is 0 Å². The minimum Gasteiger partial charge on any atom is -1.00 e. The van der Waals surface area contributed by atoms with Crippen molar-refractivity contribution in [3.8, 4) is 5.75 Å². The van der Waals surface area contributed by atoms with Gasteiger partial charge in [-0.05, 0) is 49.3 Å². The van der Waals surface area contributed by atoms with Gasteiger partial charge < -0.3 is 31.5 Å². The summed E-state index contributed by atoms with van der Waals surface area (Å²) >= 11 is 0. The van der Waals surface area contributed by atoms with Crippen LogP contribution in [0.25, 0.3) is 0 Å². The van der Waals surface area contributed by atoms with Gasteiger partial charge in [0.2, 0.25) is 0 Å². The third kappa shape index (κ3) is 9.58. The molecule has 0 aliphatic heterocycles. The molecular weight excluding hydrogens is 392 g/mol. The molecule has 1 aromatic rings. The highest BCUT2D eigenvalue weighted by molar-refractivity contribution is 5.76. The zero-order valence-corrected chi connectivity index (χ0v) is 19.0. The van der Waals surface area contributed by atoms with E-state index in [1.807, 2.05) is 0 Å². The molecule has 0 unspecified atom stereocenters. The standard InChI is InChI=1S/C21H36N2O2.BrH/c1-7-12-22-21(24)16-23(5,6)13-8-9-14-25-20-15-18(4)10-11-19(20)17(2)3;/h10-11,15,17H,7-9,12-14,16H2,1-6H3;1H. The molecule has 0 radical (unpaired) electrons.